The van der Waals surface area contributed by atoms with Gasteiger partial charge in [0.2, 0.25) is 11.8 Å². The third kappa shape index (κ3) is 8.91. The molecule has 0 atom stereocenters. The highest BCUT2D eigenvalue weighted by Gasteiger charge is 2.18. The van der Waals surface area contributed by atoms with Gasteiger partial charge in [-0.2, -0.15) is 0 Å². The lowest BCUT2D eigenvalue weighted by Crippen LogP contribution is -2.11. The smallest absolute Gasteiger partial charge is 0.226 e. The van der Waals surface area contributed by atoms with Crippen molar-refractivity contribution in [3.8, 4) is 43.4 Å². The Labute approximate surface area is 290 Å². The van der Waals surface area contributed by atoms with Crippen LogP contribution in [0, 0.1) is 0 Å². The van der Waals surface area contributed by atoms with Crippen molar-refractivity contribution in [1.29, 1.82) is 0 Å². The van der Waals surface area contributed by atoms with E-state index in [1.807, 2.05) is 97.1 Å². The van der Waals surface area contributed by atoms with Crippen molar-refractivity contribution in [1.82, 2.24) is 9.97 Å². The topological polar surface area (TPSA) is 84.0 Å². The van der Waals surface area contributed by atoms with Gasteiger partial charge in [-0.3, -0.25) is 9.59 Å². The van der Waals surface area contributed by atoms with E-state index in [1.165, 1.54) is 22.7 Å². The normalized spacial score (nSPS) is 10.9. The molecule has 6 aromatic rings. The van der Waals surface area contributed by atoms with E-state index in [0.29, 0.717) is 23.1 Å². The van der Waals surface area contributed by atoms with Crippen LogP contribution in [0.15, 0.2) is 121 Å². The predicted octanol–water partition coefficient (Wildman–Crippen LogP) is 11.0. The summed E-state index contributed by atoms with van der Waals surface area (Å²) < 4.78 is 0. The summed E-state index contributed by atoms with van der Waals surface area (Å²) in [6.07, 6.45) is 6.61. The van der Waals surface area contributed by atoms with Crippen LogP contribution in [0.5, 0.6) is 0 Å². The van der Waals surface area contributed by atoms with E-state index >= 15 is 0 Å². The molecule has 0 aliphatic carbocycles. The first-order valence-electron chi connectivity index (χ1n) is 16.5. The van der Waals surface area contributed by atoms with Crippen molar-refractivity contribution in [2.24, 2.45) is 0 Å². The Kier molecular flexibility index (Phi) is 11.5. The summed E-state index contributed by atoms with van der Waals surface area (Å²) in [6, 6.07) is 40.5. The van der Waals surface area contributed by atoms with Gasteiger partial charge in [0.05, 0.1) is 21.1 Å². The Bertz CT molecular complexity index is 1650. The molecule has 0 bridgehead atoms. The Morgan fingerprint density at radius 3 is 1.10 bits per heavy atom. The van der Waals surface area contributed by atoms with Gasteiger partial charge in [0.25, 0.3) is 0 Å². The number of anilines is 2. The lowest BCUT2D eigenvalue weighted by Gasteiger charge is -2.04. The highest BCUT2D eigenvalue weighted by molar-refractivity contribution is 7.20. The predicted molar refractivity (Wildman–Crippen MR) is 200 cm³/mol. The number of carbonyl (C=O) groups excluding carboxylic acids is 2. The molecule has 0 aliphatic rings. The molecule has 4 aromatic carbocycles. The van der Waals surface area contributed by atoms with E-state index in [1.54, 1.807) is 0 Å². The highest BCUT2D eigenvalue weighted by atomic mass is 32.1. The zero-order valence-electron chi connectivity index (χ0n) is 26.7. The highest BCUT2D eigenvalue weighted by Crippen LogP contribution is 2.40. The van der Waals surface area contributed by atoms with Crippen LogP contribution in [0.25, 0.3) is 43.4 Å². The van der Waals surface area contributed by atoms with Crippen LogP contribution in [0.2, 0.25) is 0 Å². The number of nitrogens with zero attached hydrogens (tertiary/aromatic N) is 2. The molecule has 6 nitrogen and oxygen atoms in total. The SMILES string of the molecule is O=C(CCCCCCCCC(=O)Nc1nc(-c2ccccc2)c(-c2ccccc2)s1)Nc1nc(-c2ccccc2)c(-c2ccccc2)s1. The molecule has 0 fully saturated rings. The number of carbonyl (C=O) groups is 2. The van der Waals surface area contributed by atoms with Crippen molar-refractivity contribution in [2.45, 2.75) is 51.4 Å². The number of thiazole rings is 2. The molecular formula is C40H38N4O2S2. The number of aromatic nitrogens is 2. The van der Waals surface area contributed by atoms with Crippen molar-refractivity contribution in [2.75, 3.05) is 10.6 Å². The van der Waals surface area contributed by atoms with Crippen LogP contribution < -0.4 is 10.6 Å². The fraction of sp³-hybridized carbons (Fsp3) is 0.200. The number of benzene rings is 4. The molecule has 0 radical (unpaired) electrons. The quantitative estimate of drug-likeness (QED) is 0.107. The van der Waals surface area contributed by atoms with Gasteiger partial charge < -0.3 is 10.6 Å². The first-order valence-corrected chi connectivity index (χ1v) is 18.1. The largest absolute Gasteiger partial charge is 0.302 e. The average Bonchev–Trinajstić information content (AvgIpc) is 3.75. The third-order valence-corrected chi connectivity index (χ3v) is 10.0. The van der Waals surface area contributed by atoms with Crippen LogP contribution in [0.1, 0.15) is 51.4 Å². The molecule has 6 rings (SSSR count). The number of hydrogen-bond acceptors (Lipinski definition) is 6. The second-order valence-electron chi connectivity index (χ2n) is 11.6. The maximum Gasteiger partial charge on any atom is 0.226 e. The van der Waals surface area contributed by atoms with Gasteiger partial charge in [0, 0.05) is 24.0 Å². The fourth-order valence-electron chi connectivity index (χ4n) is 5.54. The third-order valence-electron chi connectivity index (χ3n) is 7.97. The number of amides is 2. The standard InChI is InChI=1S/C40H38N4O2S2/c45-33(41-39-43-35(29-19-9-5-10-20-29)37(47-39)31-23-13-7-14-24-31)27-17-3-1-2-4-18-28-34(46)42-40-44-36(30-21-11-6-12-22-30)38(48-40)32-25-15-8-16-26-32/h5-16,19-26H,1-4,17-18,27-28H2,(H,41,43,45)(H,42,44,46). The van der Waals surface area contributed by atoms with Crippen molar-refractivity contribution >= 4 is 44.8 Å². The van der Waals surface area contributed by atoms with Gasteiger partial charge in [-0.25, -0.2) is 9.97 Å². The lowest BCUT2D eigenvalue weighted by molar-refractivity contribution is -0.117. The van der Waals surface area contributed by atoms with Crippen LogP contribution in [-0.2, 0) is 9.59 Å². The molecule has 2 amide bonds. The molecule has 0 unspecified atom stereocenters. The molecule has 242 valence electrons. The van der Waals surface area contributed by atoms with Gasteiger partial charge in [-0.15, -0.1) is 0 Å². The molecule has 0 spiro atoms. The summed E-state index contributed by atoms with van der Waals surface area (Å²) in [4.78, 5) is 37.2. The Morgan fingerprint density at radius 2 is 0.750 bits per heavy atom. The number of unbranched alkanes of at least 4 members (excludes halogenated alkanes) is 5. The van der Waals surface area contributed by atoms with Crippen molar-refractivity contribution in [3.05, 3.63) is 121 Å². The van der Waals surface area contributed by atoms with Crippen LogP contribution in [-0.4, -0.2) is 21.8 Å². The average molecular weight is 671 g/mol. The summed E-state index contributed by atoms with van der Waals surface area (Å²) >= 11 is 3.02. The van der Waals surface area contributed by atoms with Crippen LogP contribution in [0.4, 0.5) is 10.3 Å². The minimum atomic E-state index is -0.00678. The maximum atomic E-state index is 12.8. The molecule has 2 heterocycles. The second-order valence-corrected chi connectivity index (χ2v) is 13.6. The van der Waals surface area contributed by atoms with Gasteiger partial charge in [0.15, 0.2) is 10.3 Å². The Balaban J connectivity index is 0.912. The van der Waals surface area contributed by atoms with Crippen molar-refractivity contribution < 1.29 is 9.59 Å². The van der Waals surface area contributed by atoms with Gasteiger partial charge in [-0.1, -0.05) is 170 Å². The zero-order valence-corrected chi connectivity index (χ0v) is 28.4. The van der Waals surface area contributed by atoms with E-state index in [4.69, 9.17) is 9.97 Å². The second kappa shape index (κ2) is 16.8. The number of nitrogens with one attached hydrogen (secondary N) is 2. The zero-order chi connectivity index (χ0) is 33.0. The summed E-state index contributed by atoms with van der Waals surface area (Å²) in [7, 11) is 0. The van der Waals surface area contributed by atoms with E-state index in [9.17, 15) is 9.59 Å². The van der Waals surface area contributed by atoms with Gasteiger partial charge in [0.1, 0.15) is 0 Å². The molecule has 2 aromatic heterocycles. The molecule has 2 N–H and O–H groups in total. The first-order chi connectivity index (χ1) is 23.6. The number of hydrogen-bond donors (Lipinski definition) is 2. The molecule has 0 aliphatic heterocycles. The fourth-order valence-corrected chi connectivity index (χ4v) is 7.56. The Hall–Kier alpha value is -4.92. The molecular weight excluding hydrogens is 633 g/mol. The van der Waals surface area contributed by atoms with E-state index in [-0.39, 0.29) is 11.8 Å². The molecule has 8 heteroatoms. The molecule has 0 saturated carbocycles. The van der Waals surface area contributed by atoms with Crippen LogP contribution in [0.3, 0.4) is 0 Å². The lowest BCUT2D eigenvalue weighted by atomic mass is 10.1. The summed E-state index contributed by atoms with van der Waals surface area (Å²) in [5, 5.41) is 7.31. The van der Waals surface area contributed by atoms with E-state index in [2.05, 4.69) is 34.9 Å². The summed E-state index contributed by atoms with van der Waals surface area (Å²) in [5.41, 5.74) is 6.01. The Morgan fingerprint density at radius 1 is 0.438 bits per heavy atom. The summed E-state index contributed by atoms with van der Waals surface area (Å²) in [6.45, 7) is 0. The summed E-state index contributed by atoms with van der Waals surface area (Å²) in [5.74, 6) is -0.0136. The number of rotatable bonds is 15. The van der Waals surface area contributed by atoms with E-state index < -0.39 is 0 Å². The maximum absolute atomic E-state index is 12.8. The molecule has 48 heavy (non-hydrogen) atoms. The van der Waals surface area contributed by atoms with E-state index in [0.717, 1.165) is 81.9 Å². The molecule has 0 saturated heterocycles. The first kappa shape index (κ1) is 33.0. The van der Waals surface area contributed by atoms with Crippen LogP contribution >= 0.6 is 22.7 Å². The minimum absolute atomic E-state index is 0.00678. The monoisotopic (exact) mass is 670 g/mol. The minimum Gasteiger partial charge on any atom is -0.302 e. The van der Waals surface area contributed by atoms with Crippen molar-refractivity contribution in [3.63, 3.8) is 0 Å². The van der Waals surface area contributed by atoms with Gasteiger partial charge >= 0.3 is 0 Å². The van der Waals surface area contributed by atoms with Gasteiger partial charge in [-0.05, 0) is 24.0 Å².